The Kier molecular flexibility index (Phi) is 3.46. The summed E-state index contributed by atoms with van der Waals surface area (Å²) >= 11 is 0. The predicted molar refractivity (Wildman–Crippen MR) is 48.6 cm³/mol. The zero-order valence-corrected chi connectivity index (χ0v) is 8.18. The van der Waals surface area contributed by atoms with Gasteiger partial charge in [-0.1, -0.05) is 12.2 Å². The topological polar surface area (TPSA) is 52.3 Å². The van der Waals surface area contributed by atoms with Crippen molar-refractivity contribution in [2.24, 2.45) is 5.73 Å². The van der Waals surface area contributed by atoms with Crippen molar-refractivity contribution in [1.29, 1.82) is 0 Å². The fourth-order valence-corrected chi connectivity index (χ4v) is 0.566. The molecule has 0 rings (SSSR count). The van der Waals surface area contributed by atoms with Crippen LogP contribution in [0.4, 0.5) is 0 Å². The van der Waals surface area contributed by atoms with Crippen LogP contribution in [0.1, 0.15) is 27.7 Å². The fourth-order valence-electron chi connectivity index (χ4n) is 0.566. The highest BCUT2D eigenvalue weighted by Gasteiger charge is 2.22. The molecule has 0 radical (unpaired) electrons. The molecule has 0 heterocycles. The van der Waals surface area contributed by atoms with E-state index in [4.69, 9.17) is 10.5 Å². The Balaban J connectivity index is 4.15. The zero-order chi connectivity index (χ0) is 9.94. The second-order valence-electron chi connectivity index (χ2n) is 3.86. The summed E-state index contributed by atoms with van der Waals surface area (Å²) in [5, 5.41) is 0. The molecule has 0 amide bonds. The van der Waals surface area contributed by atoms with Crippen molar-refractivity contribution in [3.63, 3.8) is 0 Å². The number of hydrogen-bond acceptors (Lipinski definition) is 3. The van der Waals surface area contributed by atoms with Gasteiger partial charge in [0.05, 0.1) is 0 Å². The van der Waals surface area contributed by atoms with Crippen molar-refractivity contribution >= 4 is 5.97 Å². The first-order chi connectivity index (χ1) is 5.24. The lowest BCUT2D eigenvalue weighted by molar-refractivity contribution is -0.155. The minimum atomic E-state index is -0.704. The largest absolute Gasteiger partial charge is 0.459 e. The lowest BCUT2D eigenvalue weighted by atomic mass is 10.1. The second kappa shape index (κ2) is 3.72. The first-order valence-electron chi connectivity index (χ1n) is 3.88. The molecule has 0 aromatic carbocycles. The third kappa shape index (κ3) is 4.13. The molecule has 0 aliphatic rings. The predicted octanol–water partition coefficient (Wildman–Crippen LogP) is 1.23. The minimum absolute atomic E-state index is 0.421. The van der Waals surface area contributed by atoms with Gasteiger partial charge in [-0.3, -0.25) is 0 Å². The molecule has 0 saturated heterocycles. The fraction of sp³-hybridized carbons (Fsp3) is 0.667. The SMILES string of the molecule is C=C(C)[C@H](N)C(=O)OC(C)(C)C. The van der Waals surface area contributed by atoms with Crippen LogP contribution >= 0.6 is 0 Å². The van der Waals surface area contributed by atoms with Crippen LogP contribution in [0, 0.1) is 0 Å². The number of ether oxygens (including phenoxy) is 1. The summed E-state index contributed by atoms with van der Waals surface area (Å²) in [4.78, 5) is 11.2. The van der Waals surface area contributed by atoms with Crippen LogP contribution in [0.2, 0.25) is 0 Å². The summed E-state index contributed by atoms with van der Waals surface area (Å²) in [6, 6.07) is -0.704. The van der Waals surface area contributed by atoms with Crippen molar-refractivity contribution in [3.05, 3.63) is 12.2 Å². The third-order valence-electron chi connectivity index (χ3n) is 1.19. The summed E-state index contributed by atoms with van der Waals surface area (Å²) in [5.74, 6) is -0.421. The molecule has 0 bridgehead atoms. The number of esters is 1. The quantitative estimate of drug-likeness (QED) is 0.502. The molecular weight excluding hydrogens is 154 g/mol. The van der Waals surface area contributed by atoms with Gasteiger partial charge in [0, 0.05) is 0 Å². The van der Waals surface area contributed by atoms with Gasteiger partial charge in [0.1, 0.15) is 11.6 Å². The Hall–Kier alpha value is -0.830. The number of rotatable bonds is 2. The van der Waals surface area contributed by atoms with Crippen molar-refractivity contribution < 1.29 is 9.53 Å². The Bertz CT molecular complexity index is 191. The maximum Gasteiger partial charge on any atom is 0.327 e. The van der Waals surface area contributed by atoms with E-state index in [1.165, 1.54) is 0 Å². The summed E-state index contributed by atoms with van der Waals surface area (Å²) in [6.45, 7) is 10.7. The Morgan fingerprint density at radius 2 is 1.92 bits per heavy atom. The first-order valence-corrected chi connectivity index (χ1v) is 3.88. The van der Waals surface area contributed by atoms with Crippen LogP contribution < -0.4 is 5.73 Å². The van der Waals surface area contributed by atoms with Crippen LogP contribution in [0.25, 0.3) is 0 Å². The second-order valence-corrected chi connectivity index (χ2v) is 3.86. The molecule has 2 N–H and O–H groups in total. The molecule has 0 aromatic heterocycles. The van der Waals surface area contributed by atoms with Crippen molar-refractivity contribution in [2.45, 2.75) is 39.3 Å². The van der Waals surface area contributed by atoms with Gasteiger partial charge in [-0.2, -0.15) is 0 Å². The molecule has 1 atom stereocenters. The molecule has 12 heavy (non-hydrogen) atoms. The Morgan fingerprint density at radius 1 is 1.50 bits per heavy atom. The highest BCUT2D eigenvalue weighted by molar-refractivity contribution is 5.79. The molecule has 0 spiro atoms. The summed E-state index contributed by atoms with van der Waals surface area (Å²) in [6.07, 6.45) is 0. The molecule has 0 aliphatic carbocycles. The van der Waals surface area contributed by atoms with E-state index in [0.29, 0.717) is 5.57 Å². The van der Waals surface area contributed by atoms with E-state index in [0.717, 1.165) is 0 Å². The molecule has 0 unspecified atom stereocenters. The highest BCUT2D eigenvalue weighted by Crippen LogP contribution is 2.09. The number of carbonyl (C=O) groups is 1. The van der Waals surface area contributed by atoms with Gasteiger partial charge in [0.2, 0.25) is 0 Å². The molecule has 0 saturated carbocycles. The normalized spacial score (nSPS) is 13.8. The van der Waals surface area contributed by atoms with Crippen molar-refractivity contribution in [2.75, 3.05) is 0 Å². The lowest BCUT2D eigenvalue weighted by Gasteiger charge is -2.22. The van der Waals surface area contributed by atoms with E-state index in [9.17, 15) is 4.79 Å². The molecular formula is C9H17NO2. The van der Waals surface area contributed by atoms with Gasteiger partial charge in [0.15, 0.2) is 0 Å². The molecule has 3 nitrogen and oxygen atoms in total. The van der Waals surface area contributed by atoms with E-state index in [1.54, 1.807) is 27.7 Å². The summed E-state index contributed by atoms with van der Waals surface area (Å²) in [5.41, 5.74) is 5.63. The average molecular weight is 171 g/mol. The molecule has 3 heteroatoms. The van der Waals surface area contributed by atoms with E-state index in [2.05, 4.69) is 6.58 Å². The molecule has 70 valence electrons. The van der Waals surface area contributed by atoms with Crippen LogP contribution in [0.15, 0.2) is 12.2 Å². The number of carbonyl (C=O) groups excluding carboxylic acids is 1. The molecule has 0 aliphatic heterocycles. The minimum Gasteiger partial charge on any atom is -0.459 e. The van der Waals surface area contributed by atoms with Crippen LogP contribution in [-0.4, -0.2) is 17.6 Å². The highest BCUT2D eigenvalue weighted by atomic mass is 16.6. The van der Waals surface area contributed by atoms with Gasteiger partial charge in [-0.25, -0.2) is 4.79 Å². The van der Waals surface area contributed by atoms with Crippen molar-refractivity contribution in [3.8, 4) is 0 Å². The summed E-state index contributed by atoms with van der Waals surface area (Å²) < 4.78 is 5.04. The van der Waals surface area contributed by atoms with E-state index in [-0.39, 0.29) is 0 Å². The molecule has 0 fully saturated rings. The van der Waals surface area contributed by atoms with Gasteiger partial charge in [-0.15, -0.1) is 0 Å². The Morgan fingerprint density at radius 3 is 2.17 bits per heavy atom. The lowest BCUT2D eigenvalue weighted by Crippen LogP contribution is -2.37. The van der Waals surface area contributed by atoms with E-state index >= 15 is 0 Å². The Labute approximate surface area is 73.6 Å². The van der Waals surface area contributed by atoms with Crippen LogP contribution in [-0.2, 0) is 9.53 Å². The third-order valence-corrected chi connectivity index (χ3v) is 1.19. The number of hydrogen-bond donors (Lipinski definition) is 1. The van der Waals surface area contributed by atoms with Gasteiger partial charge < -0.3 is 10.5 Å². The van der Waals surface area contributed by atoms with Gasteiger partial charge in [0.25, 0.3) is 0 Å². The summed E-state index contributed by atoms with van der Waals surface area (Å²) in [7, 11) is 0. The monoisotopic (exact) mass is 171 g/mol. The smallest absolute Gasteiger partial charge is 0.327 e. The average Bonchev–Trinajstić information content (AvgIpc) is 1.82. The van der Waals surface area contributed by atoms with Gasteiger partial charge >= 0.3 is 5.97 Å². The van der Waals surface area contributed by atoms with E-state index < -0.39 is 17.6 Å². The zero-order valence-electron chi connectivity index (χ0n) is 8.18. The number of nitrogens with two attached hydrogens (primary N) is 1. The van der Waals surface area contributed by atoms with Crippen LogP contribution in [0.5, 0.6) is 0 Å². The maximum atomic E-state index is 11.2. The van der Waals surface area contributed by atoms with Crippen molar-refractivity contribution in [1.82, 2.24) is 0 Å². The van der Waals surface area contributed by atoms with Gasteiger partial charge in [-0.05, 0) is 27.7 Å². The standard InChI is InChI=1S/C9H17NO2/c1-6(2)7(10)8(11)12-9(3,4)5/h7H,1,10H2,2-5H3/t7-/m0/s1. The molecule has 0 aromatic rings. The van der Waals surface area contributed by atoms with E-state index in [1.807, 2.05) is 0 Å². The van der Waals surface area contributed by atoms with Crippen LogP contribution in [0.3, 0.4) is 0 Å². The first kappa shape index (κ1) is 11.2. The maximum absolute atomic E-state index is 11.2.